The van der Waals surface area contributed by atoms with E-state index in [0.29, 0.717) is 11.8 Å². The summed E-state index contributed by atoms with van der Waals surface area (Å²) in [7, 11) is 1.45. The maximum atomic E-state index is 13.0. The van der Waals surface area contributed by atoms with Gasteiger partial charge in [-0.25, -0.2) is 4.39 Å². The summed E-state index contributed by atoms with van der Waals surface area (Å²) in [6.45, 7) is 0. The third-order valence-corrected chi connectivity index (χ3v) is 3.05. The zero-order valence-corrected chi connectivity index (χ0v) is 11.0. The molecule has 2 nitrogen and oxygen atoms in total. The quantitative estimate of drug-likeness (QED) is 0.870. The van der Waals surface area contributed by atoms with Gasteiger partial charge in [-0.3, -0.25) is 0 Å². The fraction of sp³-hybridized carbons (Fsp3) is 0.200. The highest BCUT2D eigenvalue weighted by atomic mass is 19.4. The summed E-state index contributed by atoms with van der Waals surface area (Å²) in [5, 5.41) is 10.1. The fourth-order valence-electron chi connectivity index (χ4n) is 1.98. The van der Waals surface area contributed by atoms with Gasteiger partial charge in [0.05, 0.1) is 12.7 Å². The smallest absolute Gasteiger partial charge is 0.416 e. The van der Waals surface area contributed by atoms with Crippen LogP contribution in [0.3, 0.4) is 0 Å². The van der Waals surface area contributed by atoms with E-state index in [1.807, 2.05) is 0 Å². The number of hydrogen-bond acceptors (Lipinski definition) is 2. The number of methoxy groups -OCH3 is 1. The van der Waals surface area contributed by atoms with Crippen LogP contribution in [-0.4, -0.2) is 12.2 Å². The van der Waals surface area contributed by atoms with E-state index >= 15 is 0 Å². The minimum Gasteiger partial charge on any atom is -0.497 e. The zero-order chi connectivity index (χ0) is 15.6. The lowest BCUT2D eigenvalue weighted by molar-refractivity contribution is -0.139. The minimum absolute atomic E-state index is 0.257. The molecule has 1 unspecified atom stereocenters. The zero-order valence-electron chi connectivity index (χ0n) is 11.0. The number of halogens is 4. The van der Waals surface area contributed by atoms with Crippen LogP contribution < -0.4 is 4.74 Å². The monoisotopic (exact) mass is 300 g/mol. The number of rotatable bonds is 3. The van der Waals surface area contributed by atoms with Crippen molar-refractivity contribution in [3.05, 3.63) is 65.0 Å². The number of benzene rings is 2. The van der Waals surface area contributed by atoms with Gasteiger partial charge >= 0.3 is 6.18 Å². The van der Waals surface area contributed by atoms with E-state index in [-0.39, 0.29) is 5.56 Å². The molecule has 0 fully saturated rings. The van der Waals surface area contributed by atoms with Gasteiger partial charge in [0, 0.05) is 0 Å². The molecule has 2 rings (SSSR count). The van der Waals surface area contributed by atoms with Crippen LogP contribution >= 0.6 is 0 Å². The molecule has 0 aliphatic heterocycles. The molecule has 6 heteroatoms. The molecule has 0 spiro atoms. The lowest BCUT2D eigenvalue weighted by Gasteiger charge is -2.18. The van der Waals surface area contributed by atoms with Crippen molar-refractivity contribution in [2.75, 3.05) is 7.11 Å². The first kappa shape index (κ1) is 15.3. The summed E-state index contributed by atoms with van der Waals surface area (Å²) in [5.41, 5.74) is -1.33. The third-order valence-electron chi connectivity index (χ3n) is 3.05. The van der Waals surface area contributed by atoms with Crippen LogP contribution in [0.15, 0.2) is 42.5 Å². The van der Waals surface area contributed by atoms with Gasteiger partial charge in [-0.1, -0.05) is 18.2 Å². The third kappa shape index (κ3) is 3.33. The average Bonchev–Trinajstić information content (AvgIpc) is 2.45. The van der Waals surface area contributed by atoms with Crippen molar-refractivity contribution in [1.82, 2.24) is 0 Å². The molecule has 1 atom stereocenters. The Morgan fingerprint density at radius 3 is 2.19 bits per heavy atom. The van der Waals surface area contributed by atoms with E-state index in [0.717, 1.165) is 12.1 Å². The Kier molecular flexibility index (Phi) is 4.18. The Morgan fingerprint density at radius 2 is 1.67 bits per heavy atom. The summed E-state index contributed by atoms with van der Waals surface area (Å²) < 4.78 is 56.8. The van der Waals surface area contributed by atoms with E-state index in [9.17, 15) is 22.7 Å². The van der Waals surface area contributed by atoms with Gasteiger partial charge < -0.3 is 9.84 Å². The molecular formula is C15H12F4O2. The molecule has 0 saturated heterocycles. The molecule has 0 radical (unpaired) electrons. The summed E-state index contributed by atoms with van der Waals surface area (Å²) in [6.07, 6.45) is -6.25. The average molecular weight is 300 g/mol. The first-order chi connectivity index (χ1) is 9.82. The maximum absolute atomic E-state index is 13.0. The predicted octanol–water partition coefficient (Wildman–Crippen LogP) is 3.93. The van der Waals surface area contributed by atoms with Gasteiger partial charge in [0.1, 0.15) is 17.7 Å². The van der Waals surface area contributed by atoms with Crippen LogP contribution in [0.4, 0.5) is 17.6 Å². The second-order valence-corrected chi connectivity index (χ2v) is 4.41. The molecule has 0 aliphatic rings. The molecule has 0 bridgehead atoms. The van der Waals surface area contributed by atoms with Crippen LogP contribution in [0.1, 0.15) is 22.8 Å². The van der Waals surface area contributed by atoms with E-state index in [4.69, 9.17) is 4.74 Å². The highest BCUT2D eigenvalue weighted by molar-refractivity contribution is 5.39. The molecule has 0 saturated carbocycles. The normalized spacial score (nSPS) is 13.0. The van der Waals surface area contributed by atoms with Crippen molar-refractivity contribution in [3.63, 3.8) is 0 Å². The minimum atomic E-state index is -4.75. The molecule has 1 N–H and O–H groups in total. The van der Waals surface area contributed by atoms with Gasteiger partial charge in [0.25, 0.3) is 0 Å². The highest BCUT2D eigenvalue weighted by Crippen LogP contribution is 2.37. The lowest BCUT2D eigenvalue weighted by Crippen LogP contribution is -2.13. The standard InChI is InChI=1S/C15H12F4O2/c1-21-11-5-2-9(3-6-11)14(20)12-7-4-10(16)8-13(12)15(17,18)19/h2-8,14,20H,1H3. The van der Waals surface area contributed by atoms with Gasteiger partial charge in [0.15, 0.2) is 0 Å². The summed E-state index contributed by atoms with van der Waals surface area (Å²) in [6, 6.07) is 8.15. The van der Waals surface area contributed by atoms with E-state index < -0.39 is 29.2 Å². The van der Waals surface area contributed by atoms with Gasteiger partial charge in [-0.05, 0) is 35.4 Å². The van der Waals surface area contributed by atoms with Crippen molar-refractivity contribution >= 4 is 0 Å². The highest BCUT2D eigenvalue weighted by Gasteiger charge is 2.35. The number of aliphatic hydroxyl groups is 1. The molecular weight excluding hydrogens is 288 g/mol. The lowest BCUT2D eigenvalue weighted by atomic mass is 9.96. The summed E-state index contributed by atoms with van der Waals surface area (Å²) >= 11 is 0. The summed E-state index contributed by atoms with van der Waals surface area (Å²) in [5.74, 6) is -0.492. The van der Waals surface area contributed by atoms with Crippen molar-refractivity contribution in [3.8, 4) is 5.75 Å². The molecule has 0 aliphatic carbocycles. The molecule has 21 heavy (non-hydrogen) atoms. The maximum Gasteiger partial charge on any atom is 0.416 e. The second kappa shape index (κ2) is 5.73. The fourth-order valence-corrected chi connectivity index (χ4v) is 1.98. The topological polar surface area (TPSA) is 29.5 Å². The van der Waals surface area contributed by atoms with Gasteiger partial charge in [-0.2, -0.15) is 13.2 Å². The molecule has 112 valence electrons. The number of aliphatic hydroxyl groups excluding tert-OH is 1. The van der Waals surface area contributed by atoms with Crippen molar-refractivity contribution in [2.24, 2.45) is 0 Å². The molecule has 0 aromatic heterocycles. The number of ether oxygens (including phenoxy) is 1. The number of hydrogen-bond donors (Lipinski definition) is 1. The Hall–Kier alpha value is -2.08. The van der Waals surface area contributed by atoms with Crippen LogP contribution in [0.25, 0.3) is 0 Å². The Labute approximate surface area is 118 Å². The molecule has 0 heterocycles. The number of alkyl halides is 3. The molecule has 2 aromatic rings. The van der Waals surface area contributed by atoms with E-state index in [1.54, 1.807) is 0 Å². The first-order valence-electron chi connectivity index (χ1n) is 6.01. The van der Waals surface area contributed by atoms with Crippen LogP contribution in [-0.2, 0) is 6.18 Å². The largest absolute Gasteiger partial charge is 0.497 e. The SMILES string of the molecule is COc1ccc(C(O)c2ccc(F)cc2C(F)(F)F)cc1. The van der Waals surface area contributed by atoms with E-state index in [2.05, 4.69) is 0 Å². The van der Waals surface area contributed by atoms with E-state index in [1.165, 1.54) is 31.4 Å². The Balaban J connectivity index is 2.44. The first-order valence-corrected chi connectivity index (χ1v) is 6.01. The summed E-state index contributed by atoms with van der Waals surface area (Å²) in [4.78, 5) is 0. The van der Waals surface area contributed by atoms with Crippen molar-refractivity contribution in [1.29, 1.82) is 0 Å². The van der Waals surface area contributed by atoms with Crippen LogP contribution in [0, 0.1) is 5.82 Å². The molecule has 2 aromatic carbocycles. The van der Waals surface area contributed by atoms with Crippen LogP contribution in [0.2, 0.25) is 0 Å². The molecule has 0 amide bonds. The Bertz CT molecular complexity index is 621. The van der Waals surface area contributed by atoms with Crippen molar-refractivity contribution < 1.29 is 27.4 Å². The predicted molar refractivity (Wildman–Crippen MR) is 68.5 cm³/mol. The van der Waals surface area contributed by atoms with Crippen molar-refractivity contribution in [2.45, 2.75) is 12.3 Å². The van der Waals surface area contributed by atoms with Crippen LogP contribution in [0.5, 0.6) is 5.75 Å². The Morgan fingerprint density at radius 1 is 1.05 bits per heavy atom. The second-order valence-electron chi connectivity index (χ2n) is 4.41. The van der Waals surface area contributed by atoms with Gasteiger partial charge in [0.2, 0.25) is 0 Å². The van der Waals surface area contributed by atoms with Gasteiger partial charge in [-0.15, -0.1) is 0 Å².